The van der Waals surface area contributed by atoms with Crippen molar-refractivity contribution in [3.05, 3.63) is 29.7 Å². The van der Waals surface area contributed by atoms with Crippen LogP contribution >= 0.6 is 0 Å². The van der Waals surface area contributed by atoms with Crippen LogP contribution in [0, 0.1) is 0 Å². The predicted molar refractivity (Wildman–Crippen MR) is 75.7 cm³/mol. The molecule has 0 spiro atoms. The molecular formula is C14H17N3O4. The third-order valence-corrected chi connectivity index (χ3v) is 3.08. The SMILES string of the molecule is CCc1nc2c(OC)cccn2c1C(=O)NCCC(=O)O. The number of carboxylic acid groups (broad SMARTS) is 1. The summed E-state index contributed by atoms with van der Waals surface area (Å²) in [7, 11) is 1.54. The summed E-state index contributed by atoms with van der Waals surface area (Å²) in [6.07, 6.45) is 2.20. The van der Waals surface area contributed by atoms with E-state index in [0.29, 0.717) is 29.2 Å². The summed E-state index contributed by atoms with van der Waals surface area (Å²) in [5.41, 5.74) is 1.63. The van der Waals surface area contributed by atoms with Gasteiger partial charge in [0.05, 0.1) is 19.2 Å². The quantitative estimate of drug-likeness (QED) is 0.831. The van der Waals surface area contributed by atoms with Crippen LogP contribution in [0.3, 0.4) is 0 Å². The molecule has 1 amide bonds. The van der Waals surface area contributed by atoms with Crippen molar-refractivity contribution in [2.24, 2.45) is 0 Å². The maximum absolute atomic E-state index is 12.3. The number of aromatic nitrogens is 2. The number of fused-ring (bicyclic) bond motifs is 1. The van der Waals surface area contributed by atoms with E-state index in [1.54, 1.807) is 29.8 Å². The van der Waals surface area contributed by atoms with Crippen molar-refractivity contribution >= 4 is 17.5 Å². The first-order valence-corrected chi connectivity index (χ1v) is 6.62. The summed E-state index contributed by atoms with van der Waals surface area (Å²) in [6.45, 7) is 1.98. The van der Waals surface area contributed by atoms with Gasteiger partial charge in [0, 0.05) is 12.7 Å². The minimum Gasteiger partial charge on any atom is -0.493 e. The summed E-state index contributed by atoms with van der Waals surface area (Å²) in [5, 5.41) is 11.2. The monoisotopic (exact) mass is 291 g/mol. The van der Waals surface area contributed by atoms with E-state index in [1.807, 2.05) is 6.92 Å². The zero-order valence-corrected chi connectivity index (χ0v) is 11.9. The van der Waals surface area contributed by atoms with Gasteiger partial charge >= 0.3 is 5.97 Å². The number of carbonyl (C=O) groups excluding carboxylic acids is 1. The zero-order valence-electron chi connectivity index (χ0n) is 11.9. The van der Waals surface area contributed by atoms with E-state index in [9.17, 15) is 9.59 Å². The fraction of sp³-hybridized carbons (Fsp3) is 0.357. The maximum atomic E-state index is 12.3. The van der Waals surface area contributed by atoms with Crippen molar-refractivity contribution in [3.63, 3.8) is 0 Å². The Morgan fingerprint density at radius 3 is 2.86 bits per heavy atom. The lowest BCUT2D eigenvalue weighted by Gasteiger charge is -2.06. The minimum absolute atomic E-state index is 0.0779. The Kier molecular flexibility index (Phi) is 4.42. The largest absolute Gasteiger partial charge is 0.493 e. The molecular weight excluding hydrogens is 274 g/mol. The summed E-state index contributed by atoms with van der Waals surface area (Å²) in [4.78, 5) is 27.2. The van der Waals surface area contributed by atoms with E-state index in [1.165, 1.54) is 0 Å². The van der Waals surface area contributed by atoms with Crippen molar-refractivity contribution in [1.29, 1.82) is 0 Å². The van der Waals surface area contributed by atoms with Gasteiger partial charge in [0.1, 0.15) is 5.69 Å². The molecule has 0 aromatic carbocycles. The van der Waals surface area contributed by atoms with Gasteiger partial charge in [-0.3, -0.25) is 14.0 Å². The second-order valence-electron chi connectivity index (χ2n) is 4.43. The molecule has 2 aromatic rings. The minimum atomic E-state index is -0.953. The molecule has 0 fully saturated rings. The molecule has 0 saturated carbocycles. The van der Waals surface area contributed by atoms with Gasteiger partial charge in [-0.25, -0.2) is 4.98 Å². The van der Waals surface area contributed by atoms with Crippen LogP contribution in [0.2, 0.25) is 0 Å². The van der Waals surface area contributed by atoms with Crippen molar-refractivity contribution in [2.75, 3.05) is 13.7 Å². The number of nitrogens with zero attached hydrogens (tertiary/aromatic N) is 2. The molecule has 2 N–H and O–H groups in total. The van der Waals surface area contributed by atoms with Crippen LogP contribution in [-0.2, 0) is 11.2 Å². The van der Waals surface area contributed by atoms with Gasteiger partial charge in [-0.15, -0.1) is 0 Å². The highest BCUT2D eigenvalue weighted by molar-refractivity contribution is 5.95. The molecule has 7 nitrogen and oxygen atoms in total. The van der Waals surface area contributed by atoms with E-state index in [-0.39, 0.29) is 18.9 Å². The number of carboxylic acids is 1. The van der Waals surface area contributed by atoms with Gasteiger partial charge in [-0.05, 0) is 18.6 Å². The highest BCUT2D eigenvalue weighted by Crippen LogP contribution is 2.22. The molecule has 0 aliphatic rings. The van der Waals surface area contributed by atoms with Crippen molar-refractivity contribution < 1.29 is 19.4 Å². The van der Waals surface area contributed by atoms with Crippen molar-refractivity contribution in [3.8, 4) is 5.75 Å². The predicted octanol–water partition coefficient (Wildman–Crippen LogP) is 1.11. The number of aryl methyl sites for hydroxylation is 1. The second kappa shape index (κ2) is 6.25. The number of imidazole rings is 1. The third-order valence-electron chi connectivity index (χ3n) is 3.08. The number of hydrogen-bond acceptors (Lipinski definition) is 4. The molecule has 112 valence electrons. The van der Waals surface area contributed by atoms with E-state index in [4.69, 9.17) is 9.84 Å². The molecule has 2 heterocycles. The average molecular weight is 291 g/mol. The molecule has 2 aromatic heterocycles. The fourth-order valence-corrected chi connectivity index (χ4v) is 2.10. The molecule has 7 heteroatoms. The topological polar surface area (TPSA) is 92.9 Å². The Hall–Kier alpha value is -2.57. The van der Waals surface area contributed by atoms with Gasteiger partial charge in [-0.2, -0.15) is 0 Å². The number of aliphatic carboxylic acids is 1. The van der Waals surface area contributed by atoms with Crippen LogP contribution in [0.4, 0.5) is 0 Å². The number of methoxy groups -OCH3 is 1. The fourth-order valence-electron chi connectivity index (χ4n) is 2.10. The molecule has 0 saturated heterocycles. The van der Waals surface area contributed by atoms with Crippen LogP contribution < -0.4 is 10.1 Å². The molecule has 21 heavy (non-hydrogen) atoms. The number of ether oxygens (including phenoxy) is 1. The number of carbonyl (C=O) groups is 2. The Labute approximate surface area is 121 Å². The van der Waals surface area contributed by atoms with E-state index >= 15 is 0 Å². The van der Waals surface area contributed by atoms with Crippen LogP contribution in [0.5, 0.6) is 5.75 Å². The maximum Gasteiger partial charge on any atom is 0.305 e. The summed E-state index contributed by atoms with van der Waals surface area (Å²) < 4.78 is 6.90. The lowest BCUT2D eigenvalue weighted by atomic mass is 10.2. The molecule has 0 atom stereocenters. The first kappa shape index (κ1) is 14.8. The molecule has 0 unspecified atom stereocenters. The summed E-state index contributed by atoms with van der Waals surface area (Å²) >= 11 is 0. The van der Waals surface area contributed by atoms with Gasteiger partial charge in [-0.1, -0.05) is 6.92 Å². The Morgan fingerprint density at radius 1 is 1.48 bits per heavy atom. The highest BCUT2D eigenvalue weighted by Gasteiger charge is 2.19. The van der Waals surface area contributed by atoms with Crippen LogP contribution in [0.25, 0.3) is 5.65 Å². The summed E-state index contributed by atoms with van der Waals surface area (Å²) in [5.74, 6) is -0.712. The lowest BCUT2D eigenvalue weighted by Crippen LogP contribution is -2.28. The number of hydrogen-bond donors (Lipinski definition) is 2. The lowest BCUT2D eigenvalue weighted by molar-refractivity contribution is -0.136. The van der Waals surface area contributed by atoms with Crippen molar-refractivity contribution in [1.82, 2.24) is 14.7 Å². The van der Waals surface area contributed by atoms with Crippen LogP contribution in [0.1, 0.15) is 29.5 Å². The number of nitrogens with one attached hydrogen (secondary N) is 1. The highest BCUT2D eigenvalue weighted by atomic mass is 16.5. The second-order valence-corrected chi connectivity index (χ2v) is 4.43. The number of amides is 1. The molecule has 0 aliphatic heterocycles. The van der Waals surface area contributed by atoms with Gasteiger partial charge in [0.2, 0.25) is 0 Å². The van der Waals surface area contributed by atoms with Crippen molar-refractivity contribution in [2.45, 2.75) is 19.8 Å². The summed E-state index contributed by atoms with van der Waals surface area (Å²) in [6, 6.07) is 3.54. The van der Waals surface area contributed by atoms with E-state index in [2.05, 4.69) is 10.3 Å². The van der Waals surface area contributed by atoms with Crippen LogP contribution in [0.15, 0.2) is 18.3 Å². The third kappa shape index (κ3) is 2.96. The van der Waals surface area contributed by atoms with Gasteiger partial charge in [0.15, 0.2) is 11.4 Å². The first-order chi connectivity index (χ1) is 10.1. The zero-order chi connectivity index (χ0) is 15.4. The van der Waals surface area contributed by atoms with Crippen LogP contribution in [-0.4, -0.2) is 40.0 Å². The Morgan fingerprint density at radius 2 is 2.24 bits per heavy atom. The Balaban J connectivity index is 2.37. The molecule has 0 aliphatic carbocycles. The van der Waals surface area contributed by atoms with Gasteiger partial charge < -0.3 is 15.2 Å². The first-order valence-electron chi connectivity index (χ1n) is 6.62. The Bertz CT molecular complexity index is 678. The molecule has 0 bridgehead atoms. The van der Waals surface area contributed by atoms with Gasteiger partial charge in [0.25, 0.3) is 5.91 Å². The smallest absolute Gasteiger partial charge is 0.305 e. The van der Waals surface area contributed by atoms with E-state index < -0.39 is 5.97 Å². The number of rotatable bonds is 6. The molecule has 2 rings (SSSR count). The number of pyridine rings is 1. The molecule has 0 radical (unpaired) electrons. The van der Waals surface area contributed by atoms with E-state index in [0.717, 1.165) is 0 Å². The normalized spacial score (nSPS) is 10.6. The average Bonchev–Trinajstić information content (AvgIpc) is 2.85. The standard InChI is InChI=1S/C14H17N3O4/c1-3-9-12(14(20)15-7-6-11(18)19)17-8-4-5-10(21-2)13(17)16-9/h4-5,8H,3,6-7H2,1-2H3,(H,15,20)(H,18,19).